The average Bonchev–Trinajstić information content (AvgIpc) is 2.96. The minimum absolute atomic E-state index is 0.263. The average molecular weight is 339 g/mol. The zero-order chi connectivity index (χ0) is 17.6. The lowest BCUT2D eigenvalue weighted by atomic mass is 10.3. The smallest absolute Gasteiger partial charge is 0.278 e. The zero-order valence-electron chi connectivity index (χ0n) is 14.4. The number of ether oxygens (including phenoxy) is 1. The summed E-state index contributed by atoms with van der Waals surface area (Å²) >= 11 is 0. The van der Waals surface area contributed by atoms with Gasteiger partial charge in [-0.25, -0.2) is 9.97 Å². The van der Waals surface area contributed by atoms with Gasteiger partial charge in [0, 0.05) is 26.0 Å². The molecule has 2 heterocycles. The highest BCUT2D eigenvalue weighted by Gasteiger charge is 2.15. The summed E-state index contributed by atoms with van der Waals surface area (Å²) in [5.74, 6) is 0.180. The molecule has 0 aliphatic rings. The van der Waals surface area contributed by atoms with Crippen molar-refractivity contribution in [1.29, 1.82) is 0 Å². The Morgan fingerprint density at radius 3 is 2.84 bits per heavy atom. The molecule has 130 valence electrons. The van der Waals surface area contributed by atoms with Crippen LogP contribution in [0.5, 0.6) is 0 Å². The van der Waals surface area contributed by atoms with E-state index in [0.29, 0.717) is 25.7 Å². The Hall–Kier alpha value is -2.80. The number of aromatic nitrogens is 4. The Morgan fingerprint density at radius 2 is 2.08 bits per heavy atom. The van der Waals surface area contributed by atoms with Gasteiger partial charge in [0.2, 0.25) is 5.95 Å². The van der Waals surface area contributed by atoms with Crippen LogP contribution in [0.2, 0.25) is 0 Å². The van der Waals surface area contributed by atoms with Crippen molar-refractivity contribution in [1.82, 2.24) is 19.5 Å². The normalized spacial score (nSPS) is 11.0. The fourth-order valence-corrected chi connectivity index (χ4v) is 2.54. The highest BCUT2D eigenvalue weighted by Crippen LogP contribution is 2.20. The molecule has 7 heteroatoms. The van der Waals surface area contributed by atoms with Gasteiger partial charge in [0.25, 0.3) is 5.91 Å². The fourth-order valence-electron chi connectivity index (χ4n) is 2.54. The Morgan fingerprint density at radius 1 is 1.24 bits per heavy atom. The summed E-state index contributed by atoms with van der Waals surface area (Å²) in [5.41, 5.74) is 2.84. The lowest BCUT2D eigenvalue weighted by Crippen LogP contribution is -2.18. The summed E-state index contributed by atoms with van der Waals surface area (Å²) < 4.78 is 7.40. The number of carbonyl (C=O) groups excluding carboxylic acids is 1. The summed E-state index contributed by atoms with van der Waals surface area (Å²) in [6.45, 7) is 5.86. The fraction of sp³-hybridized carbons (Fsp3) is 0.333. The van der Waals surface area contributed by atoms with E-state index in [1.807, 2.05) is 42.7 Å². The molecule has 0 saturated carbocycles. The van der Waals surface area contributed by atoms with E-state index in [1.54, 1.807) is 6.20 Å². The minimum Gasteiger partial charge on any atom is -0.382 e. The SMILES string of the molecule is CCOCCCn1c(NC(=O)c2cnc(C)cn2)nc2ccccc21. The molecule has 0 spiro atoms. The number of benzene rings is 1. The standard InChI is InChI=1S/C18H21N5O2/c1-3-25-10-6-9-23-16-8-5-4-7-14(16)21-18(23)22-17(24)15-12-19-13(2)11-20-15/h4-5,7-8,11-12H,3,6,9-10H2,1-2H3,(H,21,22,24). The van der Waals surface area contributed by atoms with Crippen molar-refractivity contribution in [2.45, 2.75) is 26.8 Å². The van der Waals surface area contributed by atoms with E-state index in [9.17, 15) is 4.79 Å². The second kappa shape index (κ2) is 7.85. The van der Waals surface area contributed by atoms with Crippen molar-refractivity contribution in [2.24, 2.45) is 0 Å². The van der Waals surface area contributed by atoms with Crippen LogP contribution in [0.1, 0.15) is 29.5 Å². The number of carbonyl (C=O) groups is 1. The number of imidazole rings is 1. The topological polar surface area (TPSA) is 81.9 Å². The molecule has 0 aliphatic heterocycles. The number of hydrogen-bond donors (Lipinski definition) is 1. The van der Waals surface area contributed by atoms with Crippen LogP contribution >= 0.6 is 0 Å². The van der Waals surface area contributed by atoms with Crippen LogP contribution < -0.4 is 5.32 Å². The molecule has 1 amide bonds. The first-order valence-electron chi connectivity index (χ1n) is 8.32. The van der Waals surface area contributed by atoms with Gasteiger partial charge in [-0.05, 0) is 32.4 Å². The van der Waals surface area contributed by atoms with Crippen LogP contribution in [0.3, 0.4) is 0 Å². The second-order valence-electron chi connectivity index (χ2n) is 5.62. The lowest BCUT2D eigenvalue weighted by molar-refractivity contribution is 0.102. The number of amides is 1. The first kappa shape index (κ1) is 17.0. The van der Waals surface area contributed by atoms with Gasteiger partial charge in [0.1, 0.15) is 5.69 Å². The number of anilines is 1. The number of nitrogens with zero attached hydrogens (tertiary/aromatic N) is 4. The first-order valence-corrected chi connectivity index (χ1v) is 8.32. The maximum atomic E-state index is 12.4. The van der Waals surface area contributed by atoms with E-state index >= 15 is 0 Å². The van der Waals surface area contributed by atoms with Crippen molar-refractivity contribution in [3.8, 4) is 0 Å². The maximum Gasteiger partial charge on any atom is 0.278 e. The van der Waals surface area contributed by atoms with Crippen molar-refractivity contribution in [2.75, 3.05) is 18.5 Å². The number of nitrogens with one attached hydrogen (secondary N) is 1. The van der Waals surface area contributed by atoms with Crippen LogP contribution in [0.25, 0.3) is 11.0 Å². The third-order valence-corrected chi connectivity index (χ3v) is 3.77. The van der Waals surface area contributed by atoms with Gasteiger partial charge in [0.15, 0.2) is 0 Å². The summed E-state index contributed by atoms with van der Waals surface area (Å²) in [6.07, 6.45) is 3.87. The quantitative estimate of drug-likeness (QED) is 0.669. The highest BCUT2D eigenvalue weighted by atomic mass is 16.5. The van der Waals surface area contributed by atoms with Gasteiger partial charge < -0.3 is 9.30 Å². The summed E-state index contributed by atoms with van der Waals surface area (Å²) in [5, 5.41) is 2.85. The number of fused-ring (bicyclic) bond motifs is 1. The van der Waals surface area contributed by atoms with E-state index in [4.69, 9.17) is 4.74 Å². The molecule has 25 heavy (non-hydrogen) atoms. The van der Waals surface area contributed by atoms with Gasteiger partial charge in [-0.2, -0.15) is 0 Å². The molecule has 1 aromatic carbocycles. The Kier molecular flexibility index (Phi) is 5.35. The Labute approximate surface area is 146 Å². The van der Waals surface area contributed by atoms with Crippen LogP contribution in [0, 0.1) is 6.92 Å². The molecule has 7 nitrogen and oxygen atoms in total. The van der Waals surface area contributed by atoms with Crippen molar-refractivity contribution < 1.29 is 9.53 Å². The summed E-state index contributed by atoms with van der Waals surface area (Å²) in [4.78, 5) is 25.2. The van der Waals surface area contributed by atoms with Crippen LogP contribution in [-0.2, 0) is 11.3 Å². The molecule has 0 fully saturated rings. The van der Waals surface area contributed by atoms with Crippen molar-refractivity contribution in [3.63, 3.8) is 0 Å². The molecule has 0 radical (unpaired) electrons. The van der Waals surface area contributed by atoms with E-state index in [1.165, 1.54) is 6.20 Å². The zero-order valence-corrected chi connectivity index (χ0v) is 14.4. The molecule has 3 aromatic rings. The molecule has 0 bridgehead atoms. The minimum atomic E-state index is -0.325. The largest absolute Gasteiger partial charge is 0.382 e. The number of rotatable bonds is 7. The van der Waals surface area contributed by atoms with Gasteiger partial charge >= 0.3 is 0 Å². The Bertz CT molecular complexity index is 858. The molecular weight excluding hydrogens is 318 g/mol. The van der Waals surface area contributed by atoms with E-state index in [0.717, 1.165) is 23.1 Å². The second-order valence-corrected chi connectivity index (χ2v) is 5.62. The number of para-hydroxylation sites is 2. The Balaban J connectivity index is 1.84. The number of aryl methyl sites for hydroxylation is 2. The van der Waals surface area contributed by atoms with Gasteiger partial charge in [-0.15, -0.1) is 0 Å². The highest BCUT2D eigenvalue weighted by molar-refractivity contribution is 6.02. The van der Waals surface area contributed by atoms with Gasteiger partial charge in [-0.3, -0.25) is 15.1 Å². The van der Waals surface area contributed by atoms with Crippen molar-refractivity contribution >= 4 is 22.9 Å². The van der Waals surface area contributed by atoms with E-state index in [2.05, 4.69) is 20.3 Å². The van der Waals surface area contributed by atoms with Crippen LogP contribution in [0.4, 0.5) is 5.95 Å². The van der Waals surface area contributed by atoms with E-state index in [-0.39, 0.29) is 11.6 Å². The first-order chi connectivity index (χ1) is 12.2. The molecule has 2 aromatic heterocycles. The third-order valence-electron chi connectivity index (χ3n) is 3.77. The molecule has 0 unspecified atom stereocenters. The van der Waals surface area contributed by atoms with Crippen LogP contribution in [-0.4, -0.2) is 38.6 Å². The maximum absolute atomic E-state index is 12.4. The van der Waals surface area contributed by atoms with E-state index < -0.39 is 0 Å². The predicted molar refractivity (Wildman–Crippen MR) is 95.6 cm³/mol. The monoisotopic (exact) mass is 339 g/mol. The molecule has 0 saturated heterocycles. The summed E-state index contributed by atoms with van der Waals surface area (Å²) in [7, 11) is 0. The number of hydrogen-bond acceptors (Lipinski definition) is 5. The molecular formula is C18H21N5O2. The van der Waals surface area contributed by atoms with Crippen molar-refractivity contribution in [3.05, 3.63) is 48.0 Å². The lowest BCUT2D eigenvalue weighted by Gasteiger charge is -2.10. The van der Waals surface area contributed by atoms with Gasteiger partial charge in [0.05, 0.1) is 22.9 Å². The molecule has 0 atom stereocenters. The predicted octanol–water partition coefficient (Wildman–Crippen LogP) is 2.81. The molecule has 3 rings (SSSR count). The third kappa shape index (κ3) is 4.00. The molecule has 0 aliphatic carbocycles. The summed E-state index contributed by atoms with van der Waals surface area (Å²) in [6, 6.07) is 7.80. The van der Waals surface area contributed by atoms with Crippen LogP contribution in [0.15, 0.2) is 36.7 Å². The molecule has 1 N–H and O–H groups in total. The van der Waals surface area contributed by atoms with Gasteiger partial charge in [-0.1, -0.05) is 12.1 Å².